The first-order valence-electron chi connectivity index (χ1n) is 4.78. The smallest absolute Gasteiger partial charge is 0.360 e. The number of amides is 1. The molecule has 0 aliphatic rings. The van der Waals surface area contributed by atoms with Crippen molar-refractivity contribution in [3.8, 4) is 0 Å². The molecule has 1 rings (SSSR count). The number of hydrogen-bond acceptors (Lipinski definition) is 5. The molecule has 7 heteroatoms. The van der Waals surface area contributed by atoms with Crippen LogP contribution < -0.4 is 5.43 Å². The van der Waals surface area contributed by atoms with Gasteiger partial charge in [0.25, 0.3) is 0 Å². The second-order valence-electron chi connectivity index (χ2n) is 3.55. The van der Waals surface area contributed by atoms with Crippen LogP contribution in [0.3, 0.4) is 0 Å². The number of nitrogens with one attached hydrogen (secondary N) is 1. The second kappa shape index (κ2) is 4.73. The van der Waals surface area contributed by atoms with Crippen LogP contribution in [-0.4, -0.2) is 34.1 Å². The van der Waals surface area contributed by atoms with E-state index in [1.807, 2.05) is 0 Å². The van der Waals surface area contributed by atoms with Crippen LogP contribution in [0.5, 0.6) is 0 Å². The minimum Gasteiger partial charge on any atom is -0.464 e. The molecule has 0 saturated heterocycles. The number of ether oxygens (including phenoxy) is 1. The maximum Gasteiger partial charge on any atom is 0.360 e. The molecular weight excluding hydrogens is 212 g/mol. The van der Waals surface area contributed by atoms with Gasteiger partial charge in [-0.3, -0.25) is 4.79 Å². The Labute approximate surface area is 92.7 Å². The molecule has 0 spiro atoms. The lowest BCUT2D eigenvalue weighted by Crippen LogP contribution is -2.28. The van der Waals surface area contributed by atoms with Gasteiger partial charge in [-0.1, -0.05) is 18.8 Å². The van der Waals surface area contributed by atoms with Crippen LogP contribution in [0.1, 0.15) is 30.0 Å². The van der Waals surface area contributed by atoms with Crippen LogP contribution in [0.4, 0.5) is 0 Å². The number of hydrogen-bond donors (Lipinski definition) is 1. The largest absolute Gasteiger partial charge is 0.464 e. The van der Waals surface area contributed by atoms with Crippen LogP contribution in [0.15, 0.2) is 0 Å². The van der Waals surface area contributed by atoms with Gasteiger partial charge < -0.3 is 4.74 Å². The molecule has 0 bridgehead atoms. The lowest BCUT2D eigenvalue weighted by molar-refractivity contribution is -0.120. The van der Waals surface area contributed by atoms with Gasteiger partial charge in [0, 0.05) is 5.92 Å². The van der Waals surface area contributed by atoms with E-state index in [9.17, 15) is 9.59 Å². The highest BCUT2D eigenvalue weighted by Crippen LogP contribution is 2.02. The van der Waals surface area contributed by atoms with Crippen molar-refractivity contribution in [3.05, 3.63) is 11.4 Å². The molecule has 0 radical (unpaired) electrons. The summed E-state index contributed by atoms with van der Waals surface area (Å²) in [5, 5.41) is 7.68. The average molecular weight is 226 g/mol. The van der Waals surface area contributed by atoms with Gasteiger partial charge in [-0.2, -0.15) is 0 Å². The zero-order valence-corrected chi connectivity index (χ0v) is 9.64. The van der Waals surface area contributed by atoms with Crippen LogP contribution in [0.2, 0.25) is 0 Å². The Hall–Kier alpha value is -1.92. The average Bonchev–Trinajstić information content (AvgIpc) is 2.58. The van der Waals surface area contributed by atoms with E-state index < -0.39 is 5.97 Å². The highest BCUT2D eigenvalue weighted by Gasteiger charge is 2.17. The number of aromatic nitrogens is 3. The molecule has 0 fully saturated rings. The quantitative estimate of drug-likeness (QED) is 0.739. The molecule has 88 valence electrons. The third-order valence-corrected chi connectivity index (χ3v) is 1.90. The Balaban J connectivity index is 2.85. The van der Waals surface area contributed by atoms with E-state index in [2.05, 4.69) is 20.4 Å². The van der Waals surface area contributed by atoms with Crippen LogP contribution in [0.25, 0.3) is 0 Å². The fraction of sp³-hybridized carbons (Fsp3) is 0.556. The Bertz CT molecular complexity index is 411. The summed E-state index contributed by atoms with van der Waals surface area (Å²) in [5.74, 6) is -0.998. The summed E-state index contributed by atoms with van der Waals surface area (Å²) >= 11 is 0. The van der Waals surface area contributed by atoms with Gasteiger partial charge in [0.15, 0.2) is 5.69 Å². The predicted octanol–water partition coefficient (Wildman–Crippen LogP) is 0.0992. The van der Waals surface area contributed by atoms with Crippen molar-refractivity contribution < 1.29 is 14.3 Å². The van der Waals surface area contributed by atoms with Crippen molar-refractivity contribution >= 4 is 11.9 Å². The molecular formula is C9H14N4O3. The number of methoxy groups -OCH3 is 1. The van der Waals surface area contributed by atoms with E-state index >= 15 is 0 Å². The maximum absolute atomic E-state index is 11.3. The first-order valence-corrected chi connectivity index (χ1v) is 4.78. The molecule has 1 amide bonds. The van der Waals surface area contributed by atoms with Gasteiger partial charge in [0.05, 0.1) is 12.8 Å². The highest BCUT2D eigenvalue weighted by molar-refractivity contribution is 5.88. The fourth-order valence-electron chi connectivity index (χ4n) is 0.942. The van der Waals surface area contributed by atoms with Gasteiger partial charge in [-0.05, 0) is 6.92 Å². The van der Waals surface area contributed by atoms with Crippen molar-refractivity contribution in [3.63, 3.8) is 0 Å². The Morgan fingerprint density at radius 1 is 1.38 bits per heavy atom. The SMILES string of the molecule is COC(=O)c1nn(NC(=O)C(C)C)nc1C. The molecule has 1 N–H and O–H groups in total. The van der Waals surface area contributed by atoms with Crippen LogP contribution in [-0.2, 0) is 9.53 Å². The lowest BCUT2D eigenvalue weighted by Gasteiger charge is -2.04. The summed E-state index contributed by atoms with van der Waals surface area (Å²) < 4.78 is 4.52. The molecule has 0 saturated carbocycles. The number of nitrogens with zero attached hydrogens (tertiary/aromatic N) is 3. The molecule has 1 heterocycles. The standard InChI is InChI=1S/C9H14N4O3/c1-5(2)8(14)12-13-10-6(3)7(11-13)9(15)16-4/h5H,1-4H3,(H,12,14). The Kier molecular flexibility index (Phi) is 3.60. The van der Waals surface area contributed by atoms with Crippen LogP contribution in [0, 0.1) is 12.8 Å². The molecule has 0 aromatic carbocycles. The summed E-state index contributed by atoms with van der Waals surface area (Å²) in [7, 11) is 1.26. The maximum atomic E-state index is 11.3. The third kappa shape index (κ3) is 2.56. The van der Waals surface area contributed by atoms with Crippen molar-refractivity contribution in [2.24, 2.45) is 5.92 Å². The number of rotatable bonds is 3. The molecule has 16 heavy (non-hydrogen) atoms. The third-order valence-electron chi connectivity index (χ3n) is 1.90. The molecule has 1 aromatic heterocycles. The van der Waals surface area contributed by atoms with Gasteiger partial charge in [0.2, 0.25) is 5.91 Å². The van der Waals surface area contributed by atoms with E-state index in [0.29, 0.717) is 5.69 Å². The summed E-state index contributed by atoms with van der Waals surface area (Å²) in [5.41, 5.74) is 2.92. The number of aryl methyl sites for hydroxylation is 1. The van der Waals surface area contributed by atoms with Gasteiger partial charge in [0.1, 0.15) is 0 Å². The van der Waals surface area contributed by atoms with Gasteiger partial charge >= 0.3 is 5.97 Å². The van der Waals surface area contributed by atoms with Crippen molar-refractivity contribution in [2.45, 2.75) is 20.8 Å². The van der Waals surface area contributed by atoms with Gasteiger partial charge in [-0.25, -0.2) is 10.2 Å². The molecule has 7 nitrogen and oxygen atoms in total. The van der Waals surface area contributed by atoms with Crippen LogP contribution >= 0.6 is 0 Å². The monoisotopic (exact) mass is 226 g/mol. The first kappa shape index (κ1) is 12.2. The zero-order valence-electron chi connectivity index (χ0n) is 9.64. The Morgan fingerprint density at radius 2 is 2.00 bits per heavy atom. The minimum atomic E-state index is -0.581. The van der Waals surface area contributed by atoms with E-state index in [4.69, 9.17) is 0 Å². The van der Waals surface area contributed by atoms with E-state index in [1.165, 1.54) is 7.11 Å². The molecule has 0 aliphatic heterocycles. The zero-order chi connectivity index (χ0) is 12.3. The van der Waals surface area contributed by atoms with Gasteiger partial charge in [-0.15, -0.1) is 10.2 Å². The van der Waals surface area contributed by atoms with Crippen molar-refractivity contribution in [1.82, 2.24) is 15.1 Å². The normalized spacial score (nSPS) is 10.3. The second-order valence-corrected chi connectivity index (χ2v) is 3.55. The summed E-state index contributed by atoms with van der Waals surface area (Å²) in [6, 6.07) is 0. The van der Waals surface area contributed by atoms with Crippen molar-refractivity contribution in [2.75, 3.05) is 12.5 Å². The molecule has 0 unspecified atom stereocenters. The highest BCUT2D eigenvalue weighted by atomic mass is 16.5. The summed E-state index contributed by atoms with van der Waals surface area (Å²) in [6.07, 6.45) is 0. The summed E-state index contributed by atoms with van der Waals surface area (Å²) in [4.78, 5) is 23.5. The van der Waals surface area contributed by atoms with E-state index in [-0.39, 0.29) is 17.5 Å². The lowest BCUT2D eigenvalue weighted by atomic mass is 10.2. The number of esters is 1. The minimum absolute atomic E-state index is 0.0894. The predicted molar refractivity (Wildman–Crippen MR) is 55.3 cm³/mol. The fourth-order valence-corrected chi connectivity index (χ4v) is 0.942. The number of carbonyl (C=O) groups is 2. The molecule has 0 aliphatic carbocycles. The summed E-state index contributed by atoms with van der Waals surface area (Å²) in [6.45, 7) is 5.09. The van der Waals surface area contributed by atoms with E-state index in [1.54, 1.807) is 20.8 Å². The molecule has 1 aromatic rings. The van der Waals surface area contributed by atoms with Crippen molar-refractivity contribution in [1.29, 1.82) is 0 Å². The topological polar surface area (TPSA) is 86.1 Å². The van der Waals surface area contributed by atoms with E-state index in [0.717, 1.165) is 4.91 Å². The first-order chi connectivity index (χ1) is 7.45. The molecule has 0 atom stereocenters. The Morgan fingerprint density at radius 3 is 2.50 bits per heavy atom. The number of carbonyl (C=O) groups excluding carboxylic acids is 2.